The molecule has 0 amide bonds. The van der Waals surface area contributed by atoms with E-state index in [1.165, 1.54) is 24.3 Å². The standard InChI is InChI=1S/C12H9F3O3/c1-8(16)18-11(12(13,14)15)7-10(17)9-5-3-2-4-6-9/h2-7H,1H3/b11-7+. The molecule has 96 valence electrons. The van der Waals surface area contributed by atoms with Crippen molar-refractivity contribution in [3.63, 3.8) is 0 Å². The Bertz CT molecular complexity index is 475. The van der Waals surface area contributed by atoms with Gasteiger partial charge in [0.25, 0.3) is 0 Å². The maximum atomic E-state index is 12.5. The van der Waals surface area contributed by atoms with Gasteiger partial charge < -0.3 is 4.74 Å². The average Bonchev–Trinajstić information content (AvgIpc) is 2.27. The van der Waals surface area contributed by atoms with Gasteiger partial charge >= 0.3 is 12.1 Å². The molecular weight excluding hydrogens is 249 g/mol. The van der Waals surface area contributed by atoms with E-state index in [9.17, 15) is 22.8 Å². The normalized spacial score (nSPS) is 12.1. The molecule has 0 saturated carbocycles. The van der Waals surface area contributed by atoms with Gasteiger partial charge in [-0.1, -0.05) is 30.3 Å². The van der Waals surface area contributed by atoms with Gasteiger partial charge in [0.15, 0.2) is 5.78 Å². The Balaban J connectivity index is 3.03. The maximum Gasteiger partial charge on any atom is 0.449 e. The quantitative estimate of drug-likeness (QED) is 0.362. The number of carbonyl (C=O) groups excluding carboxylic acids is 2. The number of esters is 1. The molecule has 1 aromatic carbocycles. The van der Waals surface area contributed by atoms with E-state index in [0.717, 1.165) is 6.92 Å². The van der Waals surface area contributed by atoms with E-state index in [2.05, 4.69) is 4.74 Å². The number of rotatable bonds is 3. The van der Waals surface area contributed by atoms with Gasteiger partial charge in [-0.05, 0) is 0 Å². The van der Waals surface area contributed by atoms with Crippen molar-refractivity contribution < 1.29 is 27.5 Å². The van der Waals surface area contributed by atoms with E-state index in [4.69, 9.17) is 0 Å². The van der Waals surface area contributed by atoms with E-state index in [0.29, 0.717) is 0 Å². The fourth-order valence-corrected chi connectivity index (χ4v) is 1.13. The molecule has 0 saturated heterocycles. The molecule has 0 heterocycles. The second-order valence-electron chi connectivity index (χ2n) is 3.33. The second-order valence-corrected chi connectivity index (χ2v) is 3.33. The van der Waals surface area contributed by atoms with Gasteiger partial charge in [0, 0.05) is 18.6 Å². The highest BCUT2D eigenvalue weighted by atomic mass is 19.4. The van der Waals surface area contributed by atoms with Crippen molar-refractivity contribution in [2.45, 2.75) is 13.1 Å². The van der Waals surface area contributed by atoms with Crippen LogP contribution in [0.1, 0.15) is 17.3 Å². The van der Waals surface area contributed by atoms with Crippen LogP contribution in [0.15, 0.2) is 42.2 Å². The minimum Gasteiger partial charge on any atom is -0.421 e. The minimum absolute atomic E-state index is 0.0754. The summed E-state index contributed by atoms with van der Waals surface area (Å²) >= 11 is 0. The van der Waals surface area contributed by atoms with E-state index < -0.39 is 23.7 Å². The zero-order chi connectivity index (χ0) is 13.8. The second kappa shape index (κ2) is 5.48. The number of halogens is 3. The lowest BCUT2D eigenvalue weighted by atomic mass is 10.1. The molecule has 0 atom stereocenters. The van der Waals surface area contributed by atoms with E-state index >= 15 is 0 Å². The lowest BCUT2D eigenvalue weighted by Gasteiger charge is -2.10. The molecule has 3 nitrogen and oxygen atoms in total. The zero-order valence-corrected chi connectivity index (χ0v) is 9.32. The zero-order valence-electron chi connectivity index (χ0n) is 9.32. The fraction of sp³-hybridized carbons (Fsp3) is 0.167. The summed E-state index contributed by atoms with van der Waals surface area (Å²) in [7, 11) is 0. The van der Waals surface area contributed by atoms with Crippen molar-refractivity contribution in [2.75, 3.05) is 0 Å². The molecule has 0 spiro atoms. The van der Waals surface area contributed by atoms with Gasteiger partial charge in [-0.3, -0.25) is 9.59 Å². The highest BCUT2D eigenvalue weighted by Crippen LogP contribution is 2.27. The van der Waals surface area contributed by atoms with Crippen LogP contribution in [-0.4, -0.2) is 17.9 Å². The average molecular weight is 258 g/mol. The van der Waals surface area contributed by atoms with Gasteiger partial charge in [-0.15, -0.1) is 0 Å². The number of benzene rings is 1. The first-order valence-electron chi connectivity index (χ1n) is 4.87. The van der Waals surface area contributed by atoms with Gasteiger partial charge in [0.05, 0.1) is 0 Å². The van der Waals surface area contributed by atoms with Crippen LogP contribution < -0.4 is 0 Å². The topological polar surface area (TPSA) is 43.4 Å². The predicted octanol–water partition coefficient (Wildman–Crippen LogP) is 2.88. The molecule has 0 aromatic heterocycles. The molecule has 0 bridgehead atoms. The summed E-state index contributed by atoms with van der Waals surface area (Å²) in [6.45, 7) is 0.826. The monoisotopic (exact) mass is 258 g/mol. The van der Waals surface area contributed by atoms with E-state index in [1.807, 2.05) is 0 Å². The molecule has 0 N–H and O–H groups in total. The van der Waals surface area contributed by atoms with Crippen LogP contribution in [0.5, 0.6) is 0 Å². The third-order valence-corrected chi connectivity index (χ3v) is 1.85. The van der Waals surface area contributed by atoms with Gasteiger partial charge in [-0.25, -0.2) is 0 Å². The van der Waals surface area contributed by atoms with Gasteiger partial charge in [0.1, 0.15) is 0 Å². The molecule has 6 heteroatoms. The van der Waals surface area contributed by atoms with Crippen LogP contribution >= 0.6 is 0 Å². The van der Waals surface area contributed by atoms with Crippen LogP contribution in [0.2, 0.25) is 0 Å². The van der Waals surface area contributed by atoms with Crippen LogP contribution in [0.4, 0.5) is 13.2 Å². The SMILES string of the molecule is CC(=O)O/C(=C/C(=O)c1ccccc1)C(F)(F)F. The van der Waals surface area contributed by atoms with Crippen LogP contribution in [0.3, 0.4) is 0 Å². The molecular formula is C12H9F3O3. The summed E-state index contributed by atoms with van der Waals surface area (Å²) in [5.74, 6) is -3.65. The molecule has 0 radical (unpaired) electrons. The van der Waals surface area contributed by atoms with Gasteiger partial charge in [0.2, 0.25) is 5.76 Å². The first-order valence-corrected chi connectivity index (χ1v) is 4.87. The number of alkyl halides is 3. The van der Waals surface area contributed by atoms with E-state index in [-0.39, 0.29) is 11.6 Å². The van der Waals surface area contributed by atoms with Crippen molar-refractivity contribution >= 4 is 11.8 Å². The molecule has 1 aromatic rings. The Morgan fingerprint density at radius 3 is 2.17 bits per heavy atom. The number of ketones is 1. The maximum absolute atomic E-state index is 12.5. The highest BCUT2D eigenvalue weighted by Gasteiger charge is 2.37. The Kier molecular flexibility index (Phi) is 4.25. The van der Waals surface area contributed by atoms with Crippen LogP contribution in [-0.2, 0) is 9.53 Å². The summed E-state index contributed by atoms with van der Waals surface area (Å²) in [5, 5.41) is 0. The highest BCUT2D eigenvalue weighted by molar-refractivity contribution is 6.04. The summed E-state index contributed by atoms with van der Waals surface area (Å²) in [4.78, 5) is 22.1. The molecule has 0 unspecified atom stereocenters. The van der Waals surface area contributed by atoms with E-state index in [1.54, 1.807) is 6.07 Å². The van der Waals surface area contributed by atoms with Crippen molar-refractivity contribution in [2.24, 2.45) is 0 Å². The largest absolute Gasteiger partial charge is 0.449 e. The van der Waals surface area contributed by atoms with Crippen molar-refractivity contribution in [1.82, 2.24) is 0 Å². The summed E-state index contributed by atoms with van der Waals surface area (Å²) in [6, 6.07) is 7.37. The molecule has 1 rings (SSSR count). The lowest BCUT2D eigenvalue weighted by Crippen LogP contribution is -2.18. The van der Waals surface area contributed by atoms with Crippen molar-refractivity contribution in [1.29, 1.82) is 0 Å². The summed E-state index contributed by atoms with van der Waals surface area (Å²) in [5.41, 5.74) is 0.0754. The van der Waals surface area contributed by atoms with Crippen molar-refractivity contribution in [3.8, 4) is 0 Å². The Labute approximate surface area is 101 Å². The smallest absolute Gasteiger partial charge is 0.421 e. The fourth-order valence-electron chi connectivity index (χ4n) is 1.13. The lowest BCUT2D eigenvalue weighted by molar-refractivity contribution is -0.158. The number of allylic oxidation sites excluding steroid dienone is 2. The molecule has 18 heavy (non-hydrogen) atoms. The summed E-state index contributed by atoms with van der Waals surface area (Å²) < 4.78 is 41.4. The van der Waals surface area contributed by atoms with Gasteiger partial charge in [-0.2, -0.15) is 13.2 Å². The molecule has 0 aliphatic rings. The third-order valence-electron chi connectivity index (χ3n) is 1.85. The Hall–Kier alpha value is -2.11. The predicted molar refractivity (Wildman–Crippen MR) is 56.7 cm³/mol. The molecule has 0 aliphatic heterocycles. The number of carbonyl (C=O) groups is 2. The van der Waals surface area contributed by atoms with Crippen LogP contribution in [0.25, 0.3) is 0 Å². The molecule has 0 fully saturated rings. The number of ether oxygens (including phenoxy) is 1. The third kappa shape index (κ3) is 4.04. The minimum atomic E-state index is -4.89. The van der Waals surface area contributed by atoms with Crippen molar-refractivity contribution in [3.05, 3.63) is 47.7 Å². The number of hydrogen-bond donors (Lipinski definition) is 0. The summed E-state index contributed by atoms with van der Waals surface area (Å²) in [6.07, 6.45) is -4.63. The number of hydrogen-bond acceptors (Lipinski definition) is 3. The Morgan fingerprint density at radius 1 is 1.17 bits per heavy atom. The molecule has 0 aliphatic carbocycles. The Morgan fingerprint density at radius 2 is 1.72 bits per heavy atom. The first kappa shape index (κ1) is 14.0. The van der Waals surface area contributed by atoms with Crippen LogP contribution in [0, 0.1) is 0 Å². The first-order chi connectivity index (χ1) is 8.30.